The molecule has 2 amide bonds. The largest absolute Gasteiger partial charge is 0.438 e. The minimum atomic E-state index is -0.467. The van der Waals surface area contributed by atoms with E-state index >= 15 is 0 Å². The number of aryl methyl sites for hydroxylation is 1. The van der Waals surface area contributed by atoms with Crippen molar-refractivity contribution in [2.75, 3.05) is 13.1 Å². The Bertz CT molecular complexity index is 427. The zero-order valence-corrected chi connectivity index (χ0v) is 9.19. The van der Waals surface area contributed by atoms with Crippen molar-refractivity contribution in [3.8, 4) is 0 Å². The lowest BCUT2D eigenvalue weighted by Gasteiger charge is -2.32. The van der Waals surface area contributed by atoms with Crippen molar-refractivity contribution >= 4 is 11.8 Å². The zero-order valence-electron chi connectivity index (χ0n) is 9.19. The van der Waals surface area contributed by atoms with Crippen LogP contribution < -0.4 is 5.32 Å². The molecule has 2 rings (SSSR count). The fourth-order valence-corrected chi connectivity index (χ4v) is 1.70. The first-order valence-corrected chi connectivity index (χ1v) is 5.10. The highest BCUT2D eigenvalue weighted by Gasteiger charge is 2.32. The minimum Gasteiger partial charge on any atom is -0.438 e. The van der Waals surface area contributed by atoms with E-state index < -0.39 is 6.04 Å². The van der Waals surface area contributed by atoms with Crippen LogP contribution in [-0.4, -0.2) is 40.8 Å². The molecule has 0 radical (unpaired) electrons. The van der Waals surface area contributed by atoms with Gasteiger partial charge in [-0.2, -0.15) is 0 Å². The first-order chi connectivity index (χ1) is 7.61. The predicted molar refractivity (Wildman–Crippen MR) is 54.7 cm³/mol. The molecule has 0 aromatic carbocycles. The monoisotopic (exact) mass is 223 g/mol. The molecule has 0 bridgehead atoms. The Hall–Kier alpha value is -1.85. The normalized spacial score (nSPS) is 20.8. The number of hydrogen-bond donors (Lipinski definition) is 1. The van der Waals surface area contributed by atoms with Crippen LogP contribution in [0.1, 0.15) is 23.2 Å². The average molecular weight is 223 g/mol. The first kappa shape index (κ1) is 10.7. The Labute approximate surface area is 92.6 Å². The molecule has 86 valence electrons. The van der Waals surface area contributed by atoms with Gasteiger partial charge in [0.25, 0.3) is 5.91 Å². The lowest BCUT2D eigenvalue weighted by Crippen LogP contribution is -2.55. The molecule has 1 aromatic rings. The summed E-state index contributed by atoms with van der Waals surface area (Å²) in [5.74, 6) is -0.212. The van der Waals surface area contributed by atoms with Crippen molar-refractivity contribution in [1.29, 1.82) is 0 Å². The van der Waals surface area contributed by atoms with Crippen molar-refractivity contribution < 1.29 is 14.0 Å². The Kier molecular flexibility index (Phi) is 2.64. The van der Waals surface area contributed by atoms with Crippen LogP contribution in [0.25, 0.3) is 0 Å². The molecule has 6 heteroatoms. The third-order valence-electron chi connectivity index (χ3n) is 2.70. The summed E-state index contributed by atoms with van der Waals surface area (Å²) < 4.78 is 5.03. The number of nitrogens with one attached hydrogen (secondary N) is 1. The van der Waals surface area contributed by atoms with Gasteiger partial charge in [0.05, 0.1) is 5.69 Å². The molecule has 0 spiro atoms. The van der Waals surface area contributed by atoms with E-state index in [1.807, 2.05) is 0 Å². The maximum atomic E-state index is 12.0. The molecule has 1 saturated heterocycles. The highest BCUT2D eigenvalue weighted by molar-refractivity contribution is 5.96. The molecular weight excluding hydrogens is 210 g/mol. The molecule has 16 heavy (non-hydrogen) atoms. The first-order valence-electron chi connectivity index (χ1n) is 5.10. The topological polar surface area (TPSA) is 75.4 Å². The van der Waals surface area contributed by atoms with E-state index in [2.05, 4.69) is 10.3 Å². The maximum Gasteiger partial charge on any atom is 0.292 e. The molecule has 1 aromatic heterocycles. The second kappa shape index (κ2) is 3.96. The predicted octanol–water partition coefficient (Wildman–Crippen LogP) is -0.0565. The van der Waals surface area contributed by atoms with Crippen LogP contribution in [0, 0.1) is 6.92 Å². The molecule has 1 atom stereocenters. The fourth-order valence-electron chi connectivity index (χ4n) is 1.70. The van der Waals surface area contributed by atoms with Crippen LogP contribution in [0.2, 0.25) is 0 Å². The van der Waals surface area contributed by atoms with Crippen molar-refractivity contribution in [3.05, 3.63) is 17.8 Å². The van der Waals surface area contributed by atoms with Crippen LogP contribution in [0.3, 0.4) is 0 Å². The fraction of sp³-hybridized carbons (Fsp3) is 0.500. The highest BCUT2D eigenvalue weighted by Crippen LogP contribution is 2.13. The SMILES string of the molecule is Cc1ncoc1C(=O)N1CCNC(=O)C1C. The van der Waals surface area contributed by atoms with Crippen LogP contribution >= 0.6 is 0 Å². The molecule has 6 nitrogen and oxygen atoms in total. The van der Waals surface area contributed by atoms with Gasteiger partial charge in [0, 0.05) is 13.1 Å². The van der Waals surface area contributed by atoms with Gasteiger partial charge in [-0.15, -0.1) is 0 Å². The third kappa shape index (κ3) is 1.66. The Morgan fingerprint density at radius 1 is 1.69 bits per heavy atom. The number of hydrogen-bond acceptors (Lipinski definition) is 4. The van der Waals surface area contributed by atoms with E-state index in [1.165, 1.54) is 11.3 Å². The van der Waals surface area contributed by atoms with Gasteiger partial charge in [-0.25, -0.2) is 4.98 Å². The van der Waals surface area contributed by atoms with Gasteiger partial charge >= 0.3 is 0 Å². The number of oxazole rings is 1. The van der Waals surface area contributed by atoms with Crippen LogP contribution in [0.4, 0.5) is 0 Å². The summed E-state index contributed by atoms with van der Waals surface area (Å²) in [4.78, 5) is 28.8. The quantitative estimate of drug-likeness (QED) is 0.724. The molecule has 0 aliphatic carbocycles. The summed E-state index contributed by atoms with van der Waals surface area (Å²) in [6.45, 7) is 4.36. The van der Waals surface area contributed by atoms with E-state index in [1.54, 1.807) is 13.8 Å². The lowest BCUT2D eigenvalue weighted by molar-refractivity contribution is -0.127. The smallest absolute Gasteiger partial charge is 0.292 e. The lowest BCUT2D eigenvalue weighted by atomic mass is 10.2. The molecule has 1 unspecified atom stereocenters. The number of rotatable bonds is 1. The molecule has 2 heterocycles. The minimum absolute atomic E-state index is 0.142. The summed E-state index contributed by atoms with van der Waals surface area (Å²) in [7, 11) is 0. The highest BCUT2D eigenvalue weighted by atomic mass is 16.3. The maximum absolute atomic E-state index is 12.0. The van der Waals surface area contributed by atoms with Crippen molar-refractivity contribution in [2.24, 2.45) is 0 Å². The number of carbonyl (C=O) groups is 2. The summed E-state index contributed by atoms with van der Waals surface area (Å²) in [6, 6.07) is -0.467. The molecule has 1 N–H and O–H groups in total. The number of piperazine rings is 1. The second-order valence-electron chi connectivity index (χ2n) is 3.73. The Morgan fingerprint density at radius 2 is 2.44 bits per heavy atom. The van der Waals surface area contributed by atoms with Gasteiger partial charge in [0.2, 0.25) is 11.7 Å². The van der Waals surface area contributed by atoms with E-state index in [0.29, 0.717) is 18.8 Å². The average Bonchev–Trinajstić information content (AvgIpc) is 2.68. The number of nitrogens with zero attached hydrogens (tertiary/aromatic N) is 2. The molecule has 0 saturated carbocycles. The van der Waals surface area contributed by atoms with Gasteiger partial charge in [0.1, 0.15) is 6.04 Å². The number of aromatic nitrogens is 1. The van der Waals surface area contributed by atoms with E-state index in [4.69, 9.17) is 4.42 Å². The van der Waals surface area contributed by atoms with Crippen molar-refractivity contribution in [3.63, 3.8) is 0 Å². The van der Waals surface area contributed by atoms with Gasteiger partial charge in [-0.1, -0.05) is 0 Å². The van der Waals surface area contributed by atoms with E-state index in [-0.39, 0.29) is 17.6 Å². The van der Waals surface area contributed by atoms with Gasteiger partial charge in [-0.3, -0.25) is 9.59 Å². The van der Waals surface area contributed by atoms with Gasteiger partial charge in [0.15, 0.2) is 6.39 Å². The van der Waals surface area contributed by atoms with Crippen LogP contribution in [0.15, 0.2) is 10.8 Å². The van der Waals surface area contributed by atoms with Crippen LogP contribution in [-0.2, 0) is 4.79 Å². The van der Waals surface area contributed by atoms with Gasteiger partial charge < -0.3 is 14.6 Å². The number of carbonyl (C=O) groups excluding carboxylic acids is 2. The second-order valence-corrected chi connectivity index (χ2v) is 3.73. The third-order valence-corrected chi connectivity index (χ3v) is 2.70. The summed E-state index contributed by atoms with van der Waals surface area (Å²) in [5, 5.41) is 2.70. The molecule has 1 aliphatic heterocycles. The molecular formula is C10H13N3O3. The Morgan fingerprint density at radius 3 is 3.06 bits per heavy atom. The van der Waals surface area contributed by atoms with E-state index in [0.717, 1.165) is 0 Å². The van der Waals surface area contributed by atoms with Gasteiger partial charge in [-0.05, 0) is 13.8 Å². The molecule has 1 fully saturated rings. The van der Waals surface area contributed by atoms with Crippen molar-refractivity contribution in [1.82, 2.24) is 15.2 Å². The summed E-state index contributed by atoms with van der Waals surface area (Å²) in [5.41, 5.74) is 0.545. The zero-order chi connectivity index (χ0) is 11.7. The Balaban J connectivity index is 2.22. The summed E-state index contributed by atoms with van der Waals surface area (Å²) in [6.07, 6.45) is 1.23. The van der Waals surface area contributed by atoms with Crippen molar-refractivity contribution in [2.45, 2.75) is 19.9 Å². The van der Waals surface area contributed by atoms with E-state index in [9.17, 15) is 9.59 Å². The standard InChI is InChI=1S/C10H13N3O3/c1-6-8(16-5-12-6)10(15)13-4-3-11-9(14)7(13)2/h5,7H,3-4H2,1-2H3,(H,11,14). The summed E-state index contributed by atoms with van der Waals surface area (Å²) >= 11 is 0. The molecule has 1 aliphatic rings. The number of amides is 2. The van der Waals surface area contributed by atoms with Crippen LogP contribution in [0.5, 0.6) is 0 Å².